The Balaban J connectivity index is 1.48. The van der Waals surface area contributed by atoms with Crippen molar-refractivity contribution in [2.75, 3.05) is 74.8 Å². The van der Waals surface area contributed by atoms with Gasteiger partial charge in [0.05, 0.1) is 38.4 Å². The van der Waals surface area contributed by atoms with E-state index in [1.807, 2.05) is 44.2 Å². The van der Waals surface area contributed by atoms with Gasteiger partial charge in [-0.1, -0.05) is 68.5 Å². The van der Waals surface area contributed by atoms with Gasteiger partial charge in [-0.25, -0.2) is 9.59 Å². The number of hydrogen-bond donors (Lipinski definition) is 2. The van der Waals surface area contributed by atoms with Crippen molar-refractivity contribution in [3.63, 3.8) is 0 Å². The van der Waals surface area contributed by atoms with Gasteiger partial charge in [0, 0.05) is 46.7 Å². The summed E-state index contributed by atoms with van der Waals surface area (Å²) >= 11 is 0. The second kappa shape index (κ2) is 31.2. The maximum atomic E-state index is 14.6. The molecule has 3 aromatic carbocycles. The molecule has 2 aliphatic heterocycles. The van der Waals surface area contributed by atoms with Crippen molar-refractivity contribution in [1.82, 2.24) is 30.2 Å². The first-order valence-electron chi connectivity index (χ1n) is 28.6. The van der Waals surface area contributed by atoms with E-state index in [4.69, 9.17) is 28.4 Å². The van der Waals surface area contributed by atoms with Gasteiger partial charge in [-0.05, 0) is 126 Å². The molecule has 0 aromatic heterocycles. The Morgan fingerprint density at radius 2 is 1.48 bits per heavy atom. The van der Waals surface area contributed by atoms with Crippen LogP contribution in [0.4, 0.5) is 0 Å². The molecule has 3 aromatic rings. The van der Waals surface area contributed by atoms with Crippen LogP contribution in [0.1, 0.15) is 110 Å². The van der Waals surface area contributed by atoms with Gasteiger partial charge in [-0.3, -0.25) is 33.6 Å². The smallest absolute Gasteiger partial charge is 0.330 e. The number of nitrogens with zero attached hydrogens (tertiary/aromatic N) is 4. The molecule has 0 unspecified atom stereocenters. The van der Waals surface area contributed by atoms with E-state index in [0.717, 1.165) is 22.1 Å². The summed E-state index contributed by atoms with van der Waals surface area (Å²) in [6.45, 7) is 10.6. The highest BCUT2D eigenvalue weighted by atomic mass is 16.5. The van der Waals surface area contributed by atoms with Crippen molar-refractivity contribution < 1.29 is 71.6 Å². The van der Waals surface area contributed by atoms with Gasteiger partial charge < -0.3 is 58.7 Å². The maximum Gasteiger partial charge on any atom is 0.330 e. The number of ketones is 1. The number of cyclic esters (lactones) is 2. The standard InChI is InChI=1S/C63H86N6O15/c1-41(2)33-46-59(76)68(10)49(38-83-62(3,4)5)57(74)65-47(34-42-21-14-13-15-22-42)58(75)66(8)31-18-17-26-55(72)82-40-63(6,7)56(73)60(77)69-32-19-16-25-48(69)61(78)84-50(29-27-43-28-30-51(79-11)52(35-43)80-12)44-23-20-24-45(36-44)81-39-54(71)67(9)37-53(70)64-46/h13-15,17,20-24,26,28,30,35-36,41,46-50H,16,18-19,25,27,29,31-34,37-40H2,1-12H3,(H,64,70)(H,65,74)/b26-17-/t46-,47-,48+,49+,50-/m1/s1. The minimum atomic E-state index is -1.50. The van der Waals surface area contributed by atoms with E-state index in [1.54, 1.807) is 70.3 Å². The van der Waals surface area contributed by atoms with Crippen LogP contribution in [0, 0.1) is 11.3 Å². The van der Waals surface area contributed by atoms with Crippen LogP contribution in [0.15, 0.2) is 84.9 Å². The topological polar surface area (TPSA) is 246 Å². The third kappa shape index (κ3) is 19.9. The summed E-state index contributed by atoms with van der Waals surface area (Å²) in [5.41, 5.74) is -0.174. The molecule has 21 nitrogen and oxygen atoms in total. The first-order valence-corrected chi connectivity index (χ1v) is 28.6. The molecule has 2 heterocycles. The van der Waals surface area contributed by atoms with Crippen LogP contribution in [0.5, 0.6) is 17.2 Å². The van der Waals surface area contributed by atoms with Crippen LogP contribution < -0.4 is 24.8 Å². The Kier molecular flexibility index (Phi) is 24.9. The lowest BCUT2D eigenvalue weighted by Crippen LogP contribution is -2.59. The summed E-state index contributed by atoms with van der Waals surface area (Å²) in [6.07, 6.45) is 4.12. The van der Waals surface area contributed by atoms with Gasteiger partial charge in [0.15, 0.2) is 18.1 Å². The number of amides is 6. The number of benzene rings is 3. The van der Waals surface area contributed by atoms with Crippen molar-refractivity contribution in [1.29, 1.82) is 0 Å². The fourth-order valence-electron chi connectivity index (χ4n) is 9.58. The van der Waals surface area contributed by atoms with Gasteiger partial charge in [0.2, 0.25) is 29.4 Å². The maximum absolute atomic E-state index is 14.6. The Morgan fingerprint density at radius 1 is 0.762 bits per heavy atom. The molecule has 1 saturated heterocycles. The molecule has 84 heavy (non-hydrogen) atoms. The molecule has 5 rings (SSSR count). The van der Waals surface area contributed by atoms with Crippen molar-refractivity contribution >= 4 is 53.2 Å². The first kappa shape index (κ1) is 67.0. The minimum Gasteiger partial charge on any atom is -0.493 e. The largest absolute Gasteiger partial charge is 0.493 e. The number of aryl methyl sites for hydroxylation is 1. The highest BCUT2D eigenvalue weighted by molar-refractivity contribution is 6.38. The lowest BCUT2D eigenvalue weighted by molar-refractivity contribution is -0.165. The van der Waals surface area contributed by atoms with E-state index in [9.17, 15) is 43.2 Å². The van der Waals surface area contributed by atoms with E-state index in [0.29, 0.717) is 36.3 Å². The number of Topliss-reactive ketones (excluding diaryl/α,β-unsaturated/α-hetero) is 1. The van der Waals surface area contributed by atoms with Gasteiger partial charge in [-0.2, -0.15) is 0 Å². The average molecular weight is 1170 g/mol. The number of fused-ring (bicyclic) bond motifs is 3. The zero-order valence-corrected chi connectivity index (χ0v) is 50.9. The third-order valence-corrected chi connectivity index (χ3v) is 14.5. The number of ether oxygens (including phenoxy) is 6. The van der Waals surface area contributed by atoms with Crippen LogP contribution in [0.3, 0.4) is 0 Å². The number of carbonyl (C=O) groups is 9. The van der Waals surface area contributed by atoms with Gasteiger partial charge in [0.1, 0.15) is 42.6 Å². The van der Waals surface area contributed by atoms with Crippen molar-refractivity contribution in [3.8, 4) is 17.2 Å². The van der Waals surface area contributed by atoms with E-state index in [2.05, 4.69) is 10.6 Å². The predicted octanol–water partition coefficient (Wildman–Crippen LogP) is 5.60. The number of methoxy groups -OCH3 is 2. The van der Waals surface area contributed by atoms with E-state index in [1.165, 1.54) is 62.9 Å². The molecular formula is C63H86N6O15. The highest BCUT2D eigenvalue weighted by Gasteiger charge is 2.43. The number of hydrogen-bond acceptors (Lipinski definition) is 15. The van der Waals surface area contributed by atoms with Crippen molar-refractivity contribution in [3.05, 3.63) is 102 Å². The zero-order chi connectivity index (χ0) is 61.9. The molecule has 5 atom stereocenters. The monoisotopic (exact) mass is 1170 g/mol. The minimum absolute atomic E-state index is 0.0841. The Bertz CT molecular complexity index is 2810. The summed E-state index contributed by atoms with van der Waals surface area (Å²) in [6, 6.07) is 16.5. The fourth-order valence-corrected chi connectivity index (χ4v) is 9.58. The molecule has 1 fully saturated rings. The van der Waals surface area contributed by atoms with Gasteiger partial charge in [0.25, 0.3) is 11.8 Å². The number of carbonyl (C=O) groups excluding carboxylic acids is 9. The summed E-state index contributed by atoms with van der Waals surface area (Å²) in [7, 11) is 7.45. The number of esters is 2. The lowest BCUT2D eigenvalue weighted by atomic mass is 9.87. The second-order valence-electron chi connectivity index (χ2n) is 23.4. The highest BCUT2D eigenvalue weighted by Crippen LogP contribution is 2.33. The van der Waals surface area contributed by atoms with Crippen LogP contribution in [-0.4, -0.2) is 177 Å². The summed E-state index contributed by atoms with van der Waals surface area (Å²) in [5.74, 6) is -5.16. The SMILES string of the molecule is COc1ccc(CC[C@H]2OC(=O)[C@@H]3CCCCN3C(=O)C(=O)C(C)(C)COC(=O)/C=C\CCN(C)C(=O)[C@@H](Cc3ccccc3)NC(=O)[C@H](COC(C)(C)C)N(C)C(=O)[C@@H](CC(C)C)NC(=O)CN(C)C(=O)COc3cccc2c3)cc1OC. The van der Waals surface area contributed by atoms with Crippen LogP contribution >= 0.6 is 0 Å². The molecule has 2 N–H and O–H groups in total. The van der Waals surface area contributed by atoms with E-state index in [-0.39, 0.29) is 63.5 Å². The lowest BCUT2D eigenvalue weighted by Gasteiger charge is -2.36. The van der Waals surface area contributed by atoms with Gasteiger partial charge in [-0.15, -0.1) is 0 Å². The first-order chi connectivity index (χ1) is 39.7. The molecule has 2 bridgehead atoms. The van der Waals surface area contributed by atoms with Crippen LogP contribution in [0.25, 0.3) is 0 Å². The molecular weight excluding hydrogens is 1080 g/mol. The number of rotatable bonds is 11. The third-order valence-electron chi connectivity index (χ3n) is 14.5. The van der Waals surface area contributed by atoms with Gasteiger partial charge >= 0.3 is 11.9 Å². The number of likely N-dealkylation sites (N-methyl/N-ethyl adjacent to an activating group) is 3. The Labute approximate surface area is 494 Å². The normalized spacial score (nSPS) is 22.4. The van der Waals surface area contributed by atoms with Crippen molar-refractivity contribution in [2.45, 2.75) is 136 Å². The Hall–Kier alpha value is -7.81. The molecule has 0 radical (unpaired) electrons. The van der Waals surface area contributed by atoms with E-state index < -0.39 is 114 Å². The average Bonchev–Trinajstić information content (AvgIpc) is 3.57. The van der Waals surface area contributed by atoms with Crippen LogP contribution in [-0.2, 0) is 70.2 Å². The predicted molar refractivity (Wildman–Crippen MR) is 312 cm³/mol. The molecule has 2 aliphatic rings. The fraction of sp³-hybridized carbons (Fsp3) is 0.540. The summed E-state index contributed by atoms with van der Waals surface area (Å²) in [4.78, 5) is 132. The number of piperidine rings is 1. The van der Waals surface area contributed by atoms with Crippen molar-refractivity contribution in [2.24, 2.45) is 11.3 Å². The molecule has 0 aliphatic carbocycles. The zero-order valence-electron chi connectivity index (χ0n) is 50.9. The molecule has 6 amide bonds. The van der Waals surface area contributed by atoms with Crippen LogP contribution in [0.2, 0.25) is 0 Å². The Morgan fingerprint density at radius 3 is 2.15 bits per heavy atom. The summed E-state index contributed by atoms with van der Waals surface area (Å²) < 4.78 is 34.9. The summed E-state index contributed by atoms with van der Waals surface area (Å²) in [5, 5.41) is 5.68. The molecule has 458 valence electrons. The second-order valence-corrected chi connectivity index (χ2v) is 23.4. The number of nitrogens with one attached hydrogen (secondary N) is 2. The molecule has 21 heteroatoms. The molecule has 0 spiro atoms. The van der Waals surface area contributed by atoms with E-state index >= 15 is 0 Å². The quantitative estimate of drug-likeness (QED) is 0.175. The molecule has 0 saturated carbocycles.